The van der Waals surface area contributed by atoms with Gasteiger partial charge in [-0.1, -0.05) is 111 Å². The normalized spacial score (nSPS) is 12.1. The first-order valence-corrected chi connectivity index (χ1v) is 13.1. The van der Waals surface area contributed by atoms with Gasteiger partial charge < -0.3 is 14.8 Å². The molecule has 0 rings (SSSR count). The van der Waals surface area contributed by atoms with E-state index in [1.165, 1.54) is 103 Å². The molecule has 1 unspecified atom stereocenters. The number of carbonyl (C=O) groups excluding carboxylic acids is 1. The smallest absolute Gasteiger partial charge is 0.550 e. The van der Waals surface area contributed by atoms with E-state index in [-0.39, 0.29) is 25.3 Å². The van der Waals surface area contributed by atoms with Crippen LogP contribution in [0.5, 0.6) is 0 Å². The topological polar surface area (TPSA) is 43.4 Å². The van der Waals surface area contributed by atoms with E-state index in [4.69, 9.17) is 0 Å². The molecule has 0 radical (unpaired) electrons. The minimum atomic E-state index is -0.900. The molecule has 0 aromatic carbocycles. The molecule has 0 aromatic heterocycles. The Morgan fingerprint density at radius 1 is 0.667 bits per heavy atom. The van der Waals surface area contributed by atoms with Crippen molar-refractivity contribution < 1.29 is 28.8 Å². The van der Waals surface area contributed by atoms with Crippen molar-refractivity contribution in [2.24, 2.45) is 0 Å². The Kier molecular flexibility index (Phi) is 27.2. The molecule has 0 fully saturated rings. The number of aliphatic carboxylic acids is 1. The van der Waals surface area contributed by atoms with Crippen molar-refractivity contribution in [2.75, 3.05) is 13.1 Å². The van der Waals surface area contributed by atoms with Crippen molar-refractivity contribution in [3.8, 4) is 0 Å². The molecule has 0 saturated carbocycles. The van der Waals surface area contributed by atoms with Gasteiger partial charge in [-0.25, -0.2) is 0 Å². The molecule has 0 N–H and O–H groups in total. The molecule has 30 heavy (non-hydrogen) atoms. The van der Waals surface area contributed by atoms with Crippen LogP contribution in [-0.2, 0) is 4.79 Å². The van der Waals surface area contributed by atoms with Gasteiger partial charge in [0.15, 0.2) is 0 Å². The van der Waals surface area contributed by atoms with Crippen LogP contribution >= 0.6 is 0 Å². The Balaban J connectivity index is 0. The van der Waals surface area contributed by atoms with Crippen LogP contribution < -0.4 is 24.0 Å². The Morgan fingerprint density at radius 3 is 1.37 bits per heavy atom. The minimum absolute atomic E-state index is 0. The summed E-state index contributed by atoms with van der Waals surface area (Å²) in [7, 11) is 0. The summed E-state index contributed by atoms with van der Waals surface area (Å²) in [4.78, 5) is 13.5. The molecule has 3 nitrogen and oxygen atoms in total. The molecule has 4 heteroatoms. The molecular formula is C26H52LiNO2. The monoisotopic (exact) mass is 417 g/mol. The number of carbonyl (C=O) groups is 1. The fraction of sp³-hybridized carbons (Fsp3) is 0.962. The SMILES string of the molecule is CCCCCCCCCCN(CCCCCCCCCC)C(CC)CCC(=O)[O-].[Li+]. The van der Waals surface area contributed by atoms with Crippen molar-refractivity contribution in [3.63, 3.8) is 0 Å². The van der Waals surface area contributed by atoms with Gasteiger partial charge in [0.1, 0.15) is 0 Å². The molecule has 0 saturated heterocycles. The van der Waals surface area contributed by atoms with Crippen LogP contribution in [0, 0.1) is 0 Å². The number of hydrogen-bond donors (Lipinski definition) is 0. The first kappa shape index (κ1) is 32.2. The predicted octanol–water partition coefficient (Wildman–Crippen LogP) is 3.88. The van der Waals surface area contributed by atoms with Gasteiger partial charge in [-0.15, -0.1) is 0 Å². The predicted molar refractivity (Wildman–Crippen MR) is 125 cm³/mol. The van der Waals surface area contributed by atoms with Gasteiger partial charge in [0.05, 0.1) is 0 Å². The maximum Gasteiger partial charge on any atom is 1.00 e. The van der Waals surface area contributed by atoms with E-state index >= 15 is 0 Å². The van der Waals surface area contributed by atoms with Crippen molar-refractivity contribution >= 4 is 5.97 Å². The van der Waals surface area contributed by atoms with Crippen LogP contribution in [0.25, 0.3) is 0 Å². The van der Waals surface area contributed by atoms with Gasteiger partial charge in [-0.05, 0) is 45.2 Å². The number of hydrogen-bond acceptors (Lipinski definition) is 3. The first-order valence-electron chi connectivity index (χ1n) is 13.1. The minimum Gasteiger partial charge on any atom is -0.550 e. The van der Waals surface area contributed by atoms with Crippen molar-refractivity contribution in [1.29, 1.82) is 0 Å². The third kappa shape index (κ3) is 21.3. The molecule has 0 heterocycles. The van der Waals surface area contributed by atoms with Crippen LogP contribution in [0.15, 0.2) is 0 Å². The fourth-order valence-corrected chi connectivity index (χ4v) is 4.30. The van der Waals surface area contributed by atoms with Gasteiger partial charge >= 0.3 is 18.9 Å². The van der Waals surface area contributed by atoms with Crippen LogP contribution in [0.4, 0.5) is 0 Å². The maximum absolute atomic E-state index is 10.9. The van der Waals surface area contributed by atoms with Crippen molar-refractivity contribution in [1.82, 2.24) is 4.90 Å². The standard InChI is InChI=1S/C26H53NO2.Li/c1-4-7-9-11-13-15-17-19-23-27(25(6-3)21-22-26(28)29)24-20-18-16-14-12-10-8-5-2;/h25H,4-24H2,1-3H3,(H,28,29);/q;+1/p-1. The van der Waals surface area contributed by atoms with Gasteiger partial charge in [0.25, 0.3) is 0 Å². The number of rotatable bonds is 23. The Bertz CT molecular complexity index is 332. The summed E-state index contributed by atoms with van der Waals surface area (Å²) < 4.78 is 0. The summed E-state index contributed by atoms with van der Waals surface area (Å²) >= 11 is 0. The molecule has 0 bridgehead atoms. The largest absolute Gasteiger partial charge is 1.00 e. The molecule has 174 valence electrons. The van der Waals surface area contributed by atoms with Gasteiger partial charge in [0, 0.05) is 12.0 Å². The van der Waals surface area contributed by atoms with Crippen molar-refractivity contribution in [2.45, 2.75) is 149 Å². The molecule has 1 atom stereocenters. The Morgan fingerprint density at radius 2 is 1.03 bits per heavy atom. The van der Waals surface area contributed by atoms with E-state index < -0.39 is 5.97 Å². The summed E-state index contributed by atoms with van der Waals surface area (Å²) in [5.74, 6) is -0.900. The van der Waals surface area contributed by atoms with E-state index in [9.17, 15) is 9.90 Å². The fourth-order valence-electron chi connectivity index (χ4n) is 4.30. The molecule has 0 aliphatic heterocycles. The number of unbranched alkanes of at least 4 members (excludes halogenated alkanes) is 14. The summed E-state index contributed by atoms with van der Waals surface area (Å²) in [6, 6.07) is 0.405. The second-order valence-electron chi connectivity index (χ2n) is 8.96. The third-order valence-corrected chi connectivity index (χ3v) is 6.27. The van der Waals surface area contributed by atoms with E-state index in [1.807, 2.05) is 0 Å². The molecule has 0 spiro atoms. The summed E-state index contributed by atoms with van der Waals surface area (Å²) in [5, 5.41) is 10.9. The summed E-state index contributed by atoms with van der Waals surface area (Å²) in [6.45, 7) is 9.01. The van der Waals surface area contributed by atoms with Crippen LogP contribution in [0.3, 0.4) is 0 Å². The quantitative estimate of drug-likeness (QED) is 0.187. The third-order valence-electron chi connectivity index (χ3n) is 6.27. The number of carboxylic acids is 1. The number of carboxylic acid groups (broad SMARTS) is 1. The van der Waals surface area contributed by atoms with E-state index in [1.54, 1.807) is 0 Å². The van der Waals surface area contributed by atoms with E-state index in [2.05, 4.69) is 25.7 Å². The van der Waals surface area contributed by atoms with Gasteiger partial charge in [-0.3, -0.25) is 0 Å². The van der Waals surface area contributed by atoms with Crippen LogP contribution in [0.2, 0.25) is 0 Å². The zero-order valence-electron chi connectivity index (χ0n) is 21.2. The zero-order chi connectivity index (χ0) is 21.6. The molecule has 0 amide bonds. The summed E-state index contributed by atoms with van der Waals surface area (Å²) in [6.07, 6.45) is 23.5. The van der Waals surface area contributed by atoms with Crippen LogP contribution in [-0.4, -0.2) is 30.0 Å². The zero-order valence-corrected chi connectivity index (χ0v) is 21.2. The second-order valence-corrected chi connectivity index (χ2v) is 8.96. The van der Waals surface area contributed by atoms with E-state index in [0.717, 1.165) is 25.9 Å². The second kappa shape index (κ2) is 25.3. The van der Waals surface area contributed by atoms with Gasteiger partial charge in [-0.2, -0.15) is 0 Å². The average Bonchev–Trinajstić information content (AvgIpc) is 2.71. The average molecular weight is 418 g/mol. The van der Waals surface area contributed by atoms with E-state index in [0.29, 0.717) is 6.04 Å². The molecule has 0 aliphatic carbocycles. The molecule has 0 aliphatic rings. The summed E-state index contributed by atoms with van der Waals surface area (Å²) in [5.41, 5.74) is 0. The Hall–Kier alpha value is 0.0274. The van der Waals surface area contributed by atoms with Gasteiger partial charge in [0.2, 0.25) is 0 Å². The Labute approximate surface area is 201 Å². The number of nitrogens with zero attached hydrogens (tertiary/aromatic N) is 1. The molecule has 0 aromatic rings. The maximum atomic E-state index is 10.9. The molecular weight excluding hydrogens is 365 g/mol. The van der Waals surface area contributed by atoms with Crippen molar-refractivity contribution in [3.05, 3.63) is 0 Å². The first-order chi connectivity index (χ1) is 14.2. The van der Waals surface area contributed by atoms with Crippen LogP contribution in [0.1, 0.15) is 143 Å².